The van der Waals surface area contributed by atoms with Crippen molar-refractivity contribution in [2.45, 2.75) is 32.6 Å². The first-order chi connectivity index (χ1) is 6.77. The normalized spacial score (nSPS) is 12.1. The molecular formula is C12H18O2. The van der Waals surface area contributed by atoms with Crippen LogP contribution in [0, 0.1) is 0 Å². The largest absolute Gasteiger partial charge is 0.478 e. The molecule has 0 aromatic carbocycles. The molecule has 78 valence electrons. The summed E-state index contributed by atoms with van der Waals surface area (Å²) in [6, 6.07) is 0. The third kappa shape index (κ3) is 10.7. The second kappa shape index (κ2) is 9.78. The highest BCUT2D eigenvalue weighted by molar-refractivity contribution is 5.79. The van der Waals surface area contributed by atoms with Gasteiger partial charge in [0.25, 0.3) is 0 Å². The monoisotopic (exact) mass is 194 g/mol. The number of unbranched alkanes of at least 4 members (excludes halogenated alkanes) is 3. The average Bonchev–Trinajstić information content (AvgIpc) is 2.15. The molecule has 0 saturated heterocycles. The Kier molecular flexibility index (Phi) is 8.86. The number of carbonyl (C=O) groups is 1. The summed E-state index contributed by atoms with van der Waals surface area (Å²) in [5, 5.41) is 8.31. The Bertz CT molecular complexity index is 224. The van der Waals surface area contributed by atoms with Crippen molar-refractivity contribution in [1.82, 2.24) is 0 Å². The maximum atomic E-state index is 10.1. The Morgan fingerprint density at radius 1 is 1.14 bits per heavy atom. The molecule has 0 bridgehead atoms. The average molecular weight is 194 g/mol. The van der Waals surface area contributed by atoms with Crippen LogP contribution in [0.3, 0.4) is 0 Å². The fourth-order valence-corrected chi connectivity index (χ4v) is 0.994. The zero-order valence-corrected chi connectivity index (χ0v) is 8.65. The molecule has 0 aliphatic carbocycles. The van der Waals surface area contributed by atoms with Crippen LogP contribution < -0.4 is 0 Å². The number of carboxylic acids is 1. The van der Waals surface area contributed by atoms with Crippen molar-refractivity contribution in [1.29, 1.82) is 0 Å². The highest BCUT2D eigenvalue weighted by Gasteiger charge is 1.86. The van der Waals surface area contributed by atoms with E-state index in [9.17, 15) is 4.79 Å². The lowest BCUT2D eigenvalue weighted by Crippen LogP contribution is -1.85. The molecule has 0 unspecified atom stereocenters. The summed E-state index contributed by atoms with van der Waals surface area (Å²) in [5.41, 5.74) is 0. The SMILES string of the molecule is C/C=C/C=C/CCCC/C=C/C(=O)O. The minimum absolute atomic E-state index is 0.851. The number of rotatable bonds is 7. The topological polar surface area (TPSA) is 37.3 Å². The van der Waals surface area contributed by atoms with Crippen molar-refractivity contribution in [2.75, 3.05) is 0 Å². The van der Waals surface area contributed by atoms with E-state index in [1.165, 1.54) is 6.08 Å². The third-order valence-corrected chi connectivity index (χ3v) is 1.69. The first kappa shape index (κ1) is 12.7. The molecule has 2 heteroatoms. The van der Waals surface area contributed by atoms with Crippen molar-refractivity contribution in [3.63, 3.8) is 0 Å². The molecule has 0 heterocycles. The summed E-state index contributed by atoms with van der Waals surface area (Å²) in [7, 11) is 0. The summed E-state index contributed by atoms with van der Waals surface area (Å²) in [6.07, 6.45) is 15.1. The Morgan fingerprint density at radius 2 is 1.79 bits per heavy atom. The highest BCUT2D eigenvalue weighted by atomic mass is 16.4. The third-order valence-electron chi connectivity index (χ3n) is 1.69. The van der Waals surface area contributed by atoms with Crippen LogP contribution in [0.1, 0.15) is 32.6 Å². The van der Waals surface area contributed by atoms with Gasteiger partial charge in [0.15, 0.2) is 0 Å². The zero-order chi connectivity index (χ0) is 10.6. The van der Waals surface area contributed by atoms with Gasteiger partial charge < -0.3 is 5.11 Å². The van der Waals surface area contributed by atoms with Crippen LogP contribution in [0.2, 0.25) is 0 Å². The van der Waals surface area contributed by atoms with Crippen molar-refractivity contribution >= 4 is 5.97 Å². The van der Waals surface area contributed by atoms with E-state index in [2.05, 4.69) is 6.08 Å². The lowest BCUT2D eigenvalue weighted by Gasteiger charge is -1.91. The Labute approximate surface area is 85.6 Å². The Balaban J connectivity index is 3.26. The number of hydrogen-bond acceptors (Lipinski definition) is 1. The zero-order valence-electron chi connectivity index (χ0n) is 8.65. The van der Waals surface area contributed by atoms with E-state index in [1.807, 2.05) is 25.2 Å². The predicted octanol–water partition coefficient (Wildman–Crippen LogP) is 3.32. The smallest absolute Gasteiger partial charge is 0.327 e. The second-order valence-corrected chi connectivity index (χ2v) is 2.98. The molecule has 0 amide bonds. The van der Waals surface area contributed by atoms with Gasteiger partial charge in [-0.25, -0.2) is 4.79 Å². The van der Waals surface area contributed by atoms with Crippen LogP contribution in [0.15, 0.2) is 36.5 Å². The predicted molar refractivity (Wildman–Crippen MR) is 59.2 cm³/mol. The summed E-state index contributed by atoms with van der Waals surface area (Å²) in [5.74, 6) is -0.863. The quantitative estimate of drug-likeness (QED) is 0.383. The lowest BCUT2D eigenvalue weighted by molar-refractivity contribution is -0.131. The minimum atomic E-state index is -0.863. The van der Waals surface area contributed by atoms with Gasteiger partial charge in [-0.05, 0) is 32.6 Å². The molecule has 0 spiro atoms. The van der Waals surface area contributed by atoms with Gasteiger partial charge in [-0.1, -0.05) is 30.4 Å². The lowest BCUT2D eigenvalue weighted by atomic mass is 10.2. The molecule has 14 heavy (non-hydrogen) atoms. The number of allylic oxidation sites excluding steroid dienone is 5. The van der Waals surface area contributed by atoms with E-state index in [4.69, 9.17) is 5.11 Å². The molecular weight excluding hydrogens is 176 g/mol. The maximum absolute atomic E-state index is 10.1. The summed E-state index contributed by atoms with van der Waals surface area (Å²) >= 11 is 0. The van der Waals surface area contributed by atoms with Crippen molar-refractivity contribution in [3.8, 4) is 0 Å². The van der Waals surface area contributed by atoms with Gasteiger partial charge >= 0.3 is 5.97 Å². The molecule has 0 aromatic heterocycles. The number of hydrogen-bond donors (Lipinski definition) is 1. The maximum Gasteiger partial charge on any atom is 0.327 e. The van der Waals surface area contributed by atoms with Crippen LogP contribution in [0.25, 0.3) is 0 Å². The number of aliphatic carboxylic acids is 1. The summed E-state index contributed by atoms with van der Waals surface area (Å²) < 4.78 is 0. The molecule has 0 fully saturated rings. The Hall–Kier alpha value is -1.31. The molecule has 0 aromatic rings. The van der Waals surface area contributed by atoms with Crippen LogP contribution in [0.4, 0.5) is 0 Å². The second-order valence-electron chi connectivity index (χ2n) is 2.98. The minimum Gasteiger partial charge on any atom is -0.478 e. The van der Waals surface area contributed by atoms with Crippen LogP contribution in [-0.4, -0.2) is 11.1 Å². The van der Waals surface area contributed by atoms with Crippen molar-refractivity contribution in [2.24, 2.45) is 0 Å². The van der Waals surface area contributed by atoms with Gasteiger partial charge in [0, 0.05) is 6.08 Å². The van der Waals surface area contributed by atoms with E-state index in [-0.39, 0.29) is 0 Å². The highest BCUT2D eigenvalue weighted by Crippen LogP contribution is 2.01. The number of carboxylic acid groups (broad SMARTS) is 1. The van der Waals surface area contributed by atoms with E-state index >= 15 is 0 Å². The van der Waals surface area contributed by atoms with Crippen molar-refractivity contribution < 1.29 is 9.90 Å². The van der Waals surface area contributed by atoms with Gasteiger partial charge in [0.2, 0.25) is 0 Å². The van der Waals surface area contributed by atoms with Gasteiger partial charge in [0.05, 0.1) is 0 Å². The van der Waals surface area contributed by atoms with Gasteiger partial charge in [-0.2, -0.15) is 0 Å². The van der Waals surface area contributed by atoms with Gasteiger partial charge in [-0.15, -0.1) is 0 Å². The molecule has 0 radical (unpaired) electrons. The van der Waals surface area contributed by atoms with Gasteiger partial charge in [0.1, 0.15) is 0 Å². The standard InChI is InChI=1S/C12H18O2/c1-2-3-4-5-6-7-8-9-10-11-12(13)14/h2-5,10-11H,6-9H2,1H3,(H,13,14)/b3-2+,5-4+,11-10+. The molecule has 0 saturated carbocycles. The molecule has 0 atom stereocenters. The van der Waals surface area contributed by atoms with Crippen LogP contribution in [0.5, 0.6) is 0 Å². The first-order valence-corrected chi connectivity index (χ1v) is 4.94. The van der Waals surface area contributed by atoms with E-state index in [0.717, 1.165) is 25.7 Å². The molecule has 0 aliphatic rings. The Morgan fingerprint density at radius 3 is 2.36 bits per heavy atom. The van der Waals surface area contributed by atoms with Crippen LogP contribution in [-0.2, 0) is 4.79 Å². The van der Waals surface area contributed by atoms with Crippen LogP contribution >= 0.6 is 0 Å². The van der Waals surface area contributed by atoms with E-state index in [1.54, 1.807) is 6.08 Å². The van der Waals surface area contributed by atoms with Crippen molar-refractivity contribution in [3.05, 3.63) is 36.5 Å². The molecule has 2 nitrogen and oxygen atoms in total. The first-order valence-electron chi connectivity index (χ1n) is 4.94. The molecule has 1 N–H and O–H groups in total. The summed E-state index contributed by atoms with van der Waals surface area (Å²) in [4.78, 5) is 10.1. The van der Waals surface area contributed by atoms with Gasteiger partial charge in [-0.3, -0.25) is 0 Å². The fraction of sp³-hybridized carbons (Fsp3) is 0.417. The van der Waals surface area contributed by atoms with E-state index < -0.39 is 5.97 Å². The fourth-order valence-electron chi connectivity index (χ4n) is 0.994. The van der Waals surface area contributed by atoms with E-state index in [0.29, 0.717) is 0 Å². The summed E-state index contributed by atoms with van der Waals surface area (Å²) in [6.45, 7) is 1.99. The molecule has 0 rings (SSSR count). The molecule has 0 aliphatic heterocycles.